The van der Waals surface area contributed by atoms with Crippen molar-refractivity contribution in [3.05, 3.63) is 119 Å². The zero-order valence-corrected chi connectivity index (χ0v) is 30.8. The maximum Gasteiger partial charge on any atom is 0.338 e. The number of thioether (sulfide) groups is 1. The Morgan fingerprint density at radius 2 is 1.55 bits per heavy atom. The molecule has 2 amide bonds. The minimum Gasteiger partial charge on any atom is -0.478 e. The number of hydrogen-bond acceptors (Lipinski definition) is 7. The summed E-state index contributed by atoms with van der Waals surface area (Å²) >= 11 is 1.37. The molecule has 0 radical (unpaired) electrons. The number of carboxylic acids is 1. The van der Waals surface area contributed by atoms with Gasteiger partial charge in [0.25, 0.3) is 0 Å². The number of rotatable bonds is 11. The van der Waals surface area contributed by atoms with Crippen molar-refractivity contribution in [3.8, 4) is 11.1 Å². The highest BCUT2D eigenvalue weighted by Gasteiger charge is 2.51. The maximum absolute atomic E-state index is 13.2. The summed E-state index contributed by atoms with van der Waals surface area (Å²) in [5.74, 6) is 1.72. The fraction of sp³-hybridized carbons (Fsp3) is 0.419. The fourth-order valence-electron chi connectivity index (χ4n) is 9.60. The average molecular weight is 734 g/mol. The van der Waals surface area contributed by atoms with Crippen LogP contribution in [0.3, 0.4) is 0 Å². The Balaban J connectivity index is 0.978. The molecule has 4 aliphatic carbocycles. The first-order valence-electron chi connectivity index (χ1n) is 18.8. The van der Waals surface area contributed by atoms with Crippen molar-refractivity contribution in [2.24, 2.45) is 23.7 Å². The number of nitrogens with zero attached hydrogens (tertiary/aromatic N) is 1. The third kappa shape index (κ3) is 7.87. The number of carbonyl (C=O) groups excluding carboxylic acids is 1. The molecule has 1 aliphatic heterocycles. The van der Waals surface area contributed by atoms with E-state index in [1.807, 2.05) is 48.5 Å². The van der Waals surface area contributed by atoms with Crippen molar-refractivity contribution in [2.75, 3.05) is 5.75 Å². The van der Waals surface area contributed by atoms with Crippen molar-refractivity contribution < 1.29 is 29.3 Å². The van der Waals surface area contributed by atoms with Gasteiger partial charge in [-0.05, 0) is 108 Å². The lowest BCUT2D eigenvalue weighted by Gasteiger charge is -2.56. The molecule has 1 aromatic heterocycles. The lowest BCUT2D eigenvalue weighted by Crippen LogP contribution is -2.61. The van der Waals surface area contributed by atoms with E-state index in [0.29, 0.717) is 17.3 Å². The summed E-state index contributed by atoms with van der Waals surface area (Å²) in [7, 11) is 0. The number of hydrogen-bond donors (Lipinski definition) is 4. The molecule has 276 valence electrons. The van der Waals surface area contributed by atoms with E-state index in [4.69, 9.17) is 9.47 Å². The Labute approximate surface area is 314 Å². The van der Waals surface area contributed by atoms with E-state index in [1.165, 1.54) is 31.0 Å². The fourth-order valence-corrected chi connectivity index (χ4v) is 10.7. The van der Waals surface area contributed by atoms with E-state index in [2.05, 4.69) is 46.8 Å². The first-order chi connectivity index (χ1) is 25.7. The second-order valence-corrected chi connectivity index (χ2v) is 16.6. The predicted molar refractivity (Wildman–Crippen MR) is 203 cm³/mol. The third-order valence-electron chi connectivity index (χ3n) is 11.8. The van der Waals surface area contributed by atoms with Gasteiger partial charge in [-0.25, -0.2) is 14.6 Å². The third-order valence-corrected chi connectivity index (χ3v) is 12.9. The molecule has 53 heavy (non-hydrogen) atoms. The second kappa shape index (κ2) is 15.3. The first kappa shape index (κ1) is 35.8. The summed E-state index contributed by atoms with van der Waals surface area (Å²) in [6, 6.07) is 27.3. The summed E-state index contributed by atoms with van der Waals surface area (Å²) < 4.78 is 13.4. The van der Waals surface area contributed by atoms with Crippen LogP contribution < -0.4 is 10.6 Å². The summed E-state index contributed by atoms with van der Waals surface area (Å²) in [6.07, 6.45) is 7.73. The standard InChI is InChI=1S/C43H47N3O6S/c1-26-37(25-53-39-36(40(48)49)9-4-14-44-39)51-41(52-38(26)32-12-10-27(24-47)11-13-32)35-8-3-7-34(19-35)33-6-2-5-28(18-33)23-45-42(50)46-43-20-29-15-30(21-43)17-31(16-29)22-43/h2-14,18-19,26,29-31,37-38,41,47H,15-17,20-25H2,1H3,(H,48,49)(H2,45,46,50)/t26-,29?,30?,31?,37+,38+,41+,43?/m1/s1. The van der Waals surface area contributed by atoms with Crippen LogP contribution in [-0.4, -0.2) is 44.6 Å². The number of aromatic carboxylic acids is 1. The Kier molecular flexibility index (Phi) is 10.3. The van der Waals surface area contributed by atoms with E-state index < -0.39 is 12.3 Å². The number of benzene rings is 3. The molecule has 2 heterocycles. The summed E-state index contributed by atoms with van der Waals surface area (Å²) in [5, 5.41) is 26.4. The van der Waals surface area contributed by atoms with Crippen LogP contribution in [0, 0.1) is 23.7 Å². The van der Waals surface area contributed by atoms with Gasteiger partial charge < -0.3 is 30.3 Å². The Hall–Kier alpha value is -4.22. The van der Waals surface area contributed by atoms with Gasteiger partial charge in [0.1, 0.15) is 5.03 Å². The van der Waals surface area contributed by atoms with Crippen LogP contribution in [0.25, 0.3) is 11.1 Å². The van der Waals surface area contributed by atoms with Gasteiger partial charge in [0.2, 0.25) is 0 Å². The van der Waals surface area contributed by atoms with Gasteiger partial charge in [0, 0.05) is 35.5 Å². The van der Waals surface area contributed by atoms with Crippen LogP contribution in [0.15, 0.2) is 96.2 Å². The monoisotopic (exact) mass is 733 g/mol. The number of pyridine rings is 1. The van der Waals surface area contributed by atoms with Gasteiger partial charge in [-0.15, -0.1) is 11.8 Å². The summed E-state index contributed by atoms with van der Waals surface area (Å²) in [6.45, 7) is 2.48. The number of aromatic nitrogens is 1. The number of urea groups is 1. The summed E-state index contributed by atoms with van der Waals surface area (Å²) in [5.41, 5.74) is 5.85. The molecule has 1 saturated heterocycles. The lowest BCUT2D eigenvalue weighted by molar-refractivity contribution is -0.268. The second-order valence-electron chi connectivity index (χ2n) is 15.6. The van der Waals surface area contributed by atoms with E-state index in [9.17, 15) is 19.8 Å². The number of carbonyl (C=O) groups is 2. The van der Waals surface area contributed by atoms with E-state index >= 15 is 0 Å². The molecule has 4 atom stereocenters. The molecular weight excluding hydrogens is 687 g/mol. The molecule has 4 aromatic rings. The minimum atomic E-state index is -1.02. The number of ether oxygens (including phenoxy) is 2. The van der Waals surface area contributed by atoms with Gasteiger partial charge in [-0.3, -0.25) is 0 Å². The zero-order valence-electron chi connectivity index (χ0n) is 29.9. The van der Waals surface area contributed by atoms with E-state index in [-0.39, 0.29) is 41.9 Å². The highest BCUT2D eigenvalue weighted by Crippen LogP contribution is 2.55. The normalized spacial score (nSPS) is 28.8. The molecular formula is C43H47N3O6S. The quantitative estimate of drug-likeness (QED) is 0.113. The van der Waals surface area contributed by atoms with Crippen molar-refractivity contribution >= 4 is 23.8 Å². The molecule has 5 fully saturated rings. The Bertz CT molecular complexity index is 1920. The molecule has 4 bridgehead atoms. The number of carboxylic acid groups (broad SMARTS) is 1. The number of nitrogens with one attached hydrogen (secondary N) is 2. The largest absolute Gasteiger partial charge is 0.478 e. The molecule has 4 N–H and O–H groups in total. The van der Waals surface area contributed by atoms with E-state index in [1.54, 1.807) is 18.3 Å². The highest BCUT2D eigenvalue weighted by molar-refractivity contribution is 7.99. The molecule has 9 rings (SSSR count). The van der Waals surface area contributed by atoms with Crippen LogP contribution in [0.1, 0.15) is 90.5 Å². The van der Waals surface area contributed by atoms with Crippen LogP contribution in [0.4, 0.5) is 4.79 Å². The Morgan fingerprint density at radius 1 is 0.849 bits per heavy atom. The molecule has 10 heteroatoms. The molecule has 9 nitrogen and oxygen atoms in total. The number of amides is 2. The van der Waals surface area contributed by atoms with Crippen molar-refractivity contribution in [1.29, 1.82) is 0 Å². The highest BCUT2D eigenvalue weighted by atomic mass is 32.2. The van der Waals surface area contributed by atoms with Gasteiger partial charge >= 0.3 is 12.0 Å². The zero-order chi connectivity index (χ0) is 36.5. The van der Waals surface area contributed by atoms with Gasteiger partial charge in [0.15, 0.2) is 6.29 Å². The van der Waals surface area contributed by atoms with Crippen LogP contribution in [0.2, 0.25) is 0 Å². The van der Waals surface area contributed by atoms with Gasteiger partial charge in [-0.1, -0.05) is 67.6 Å². The minimum absolute atomic E-state index is 0.0262. The molecule has 0 unspecified atom stereocenters. The Morgan fingerprint density at radius 3 is 2.25 bits per heavy atom. The summed E-state index contributed by atoms with van der Waals surface area (Å²) in [4.78, 5) is 29.4. The molecule has 0 spiro atoms. The van der Waals surface area contributed by atoms with Crippen molar-refractivity contribution in [2.45, 2.75) is 87.7 Å². The van der Waals surface area contributed by atoms with Crippen LogP contribution in [0.5, 0.6) is 0 Å². The molecule has 4 saturated carbocycles. The molecule has 3 aromatic carbocycles. The number of aliphatic hydroxyl groups excluding tert-OH is 1. The topological polar surface area (TPSA) is 130 Å². The average Bonchev–Trinajstić information content (AvgIpc) is 3.16. The van der Waals surface area contributed by atoms with Crippen molar-refractivity contribution in [1.82, 2.24) is 15.6 Å². The van der Waals surface area contributed by atoms with Gasteiger partial charge in [0.05, 0.1) is 24.4 Å². The number of aliphatic hydroxyl groups is 1. The van der Waals surface area contributed by atoms with Crippen LogP contribution in [-0.2, 0) is 22.6 Å². The van der Waals surface area contributed by atoms with Gasteiger partial charge in [-0.2, -0.15) is 0 Å². The first-order valence-corrected chi connectivity index (χ1v) is 19.8. The maximum atomic E-state index is 13.2. The lowest BCUT2D eigenvalue weighted by atomic mass is 9.53. The van der Waals surface area contributed by atoms with E-state index in [0.717, 1.165) is 70.4 Å². The molecule has 5 aliphatic rings. The van der Waals surface area contributed by atoms with Crippen molar-refractivity contribution in [3.63, 3.8) is 0 Å². The smallest absolute Gasteiger partial charge is 0.338 e. The SMILES string of the molecule is C[C@@H]1[C@H](CSc2ncccc2C(=O)O)O[C@H](c2cccc(-c3cccc(CNC(=O)NC45CC6CC(CC(C6)C4)C5)c3)c2)O[C@@H]1c1ccc(CO)cc1. The van der Waals surface area contributed by atoms with Crippen LogP contribution >= 0.6 is 11.8 Å². The predicted octanol–water partition coefficient (Wildman–Crippen LogP) is 8.29.